The van der Waals surface area contributed by atoms with Gasteiger partial charge in [-0.25, -0.2) is 4.68 Å². The summed E-state index contributed by atoms with van der Waals surface area (Å²) in [7, 11) is 0. The highest BCUT2D eigenvalue weighted by atomic mass is 15.5. The molecule has 0 radical (unpaired) electrons. The monoisotopic (exact) mass is 257 g/mol. The molecule has 100 valence electrons. The maximum atomic E-state index is 5.86. The second-order valence-corrected chi connectivity index (χ2v) is 6.15. The van der Waals surface area contributed by atoms with Gasteiger partial charge in [0.25, 0.3) is 0 Å². The third-order valence-corrected chi connectivity index (χ3v) is 4.15. The number of rotatable bonds is 3. The lowest BCUT2D eigenvalue weighted by molar-refractivity contribution is 0.467. The molecule has 1 aliphatic carbocycles. The van der Waals surface area contributed by atoms with Crippen molar-refractivity contribution in [3.63, 3.8) is 0 Å². The standard InChI is InChI=1S/C14H19N5/c1-9-4-5-11(15)6-12(9)13-16-17-18-19(13)8-10-7-14(10,2)3/h4-6,10H,7-8,15H2,1-3H3. The van der Waals surface area contributed by atoms with Crippen molar-refractivity contribution >= 4 is 5.69 Å². The van der Waals surface area contributed by atoms with Crippen molar-refractivity contribution in [2.75, 3.05) is 5.73 Å². The normalized spacial score (nSPS) is 20.5. The number of tetrazole rings is 1. The van der Waals surface area contributed by atoms with Gasteiger partial charge in [0.05, 0.1) is 0 Å². The lowest BCUT2D eigenvalue weighted by Gasteiger charge is -2.08. The van der Waals surface area contributed by atoms with Gasteiger partial charge in [0, 0.05) is 17.8 Å². The van der Waals surface area contributed by atoms with E-state index in [1.54, 1.807) is 0 Å². The van der Waals surface area contributed by atoms with Crippen molar-refractivity contribution in [3.8, 4) is 11.4 Å². The Hall–Kier alpha value is -1.91. The van der Waals surface area contributed by atoms with Crippen molar-refractivity contribution in [1.29, 1.82) is 0 Å². The Labute approximate surface area is 112 Å². The van der Waals surface area contributed by atoms with E-state index in [1.165, 1.54) is 6.42 Å². The van der Waals surface area contributed by atoms with Gasteiger partial charge in [-0.3, -0.25) is 0 Å². The number of hydrogen-bond donors (Lipinski definition) is 1. The van der Waals surface area contributed by atoms with Crippen LogP contribution < -0.4 is 5.73 Å². The van der Waals surface area contributed by atoms with Crippen LogP contribution in [-0.2, 0) is 6.54 Å². The second kappa shape index (κ2) is 4.05. The fourth-order valence-electron chi connectivity index (χ4n) is 2.50. The van der Waals surface area contributed by atoms with E-state index in [2.05, 4.69) is 36.3 Å². The number of nitrogen functional groups attached to an aromatic ring is 1. The van der Waals surface area contributed by atoms with Crippen LogP contribution in [0, 0.1) is 18.3 Å². The van der Waals surface area contributed by atoms with E-state index in [9.17, 15) is 0 Å². The summed E-state index contributed by atoms with van der Waals surface area (Å²) in [4.78, 5) is 0. The molecule has 2 N–H and O–H groups in total. The summed E-state index contributed by atoms with van der Waals surface area (Å²) in [5.74, 6) is 1.48. The molecule has 1 aromatic carbocycles. The second-order valence-electron chi connectivity index (χ2n) is 6.15. The highest BCUT2D eigenvalue weighted by Crippen LogP contribution is 2.52. The van der Waals surface area contributed by atoms with E-state index in [1.807, 2.05) is 22.9 Å². The van der Waals surface area contributed by atoms with Gasteiger partial charge in [0.1, 0.15) is 0 Å². The van der Waals surface area contributed by atoms with Crippen LogP contribution in [0.2, 0.25) is 0 Å². The minimum Gasteiger partial charge on any atom is -0.399 e. The van der Waals surface area contributed by atoms with Crippen molar-refractivity contribution in [1.82, 2.24) is 20.2 Å². The van der Waals surface area contributed by atoms with E-state index in [-0.39, 0.29) is 0 Å². The highest BCUT2D eigenvalue weighted by Gasteiger charge is 2.46. The van der Waals surface area contributed by atoms with Crippen LogP contribution in [0.25, 0.3) is 11.4 Å². The number of anilines is 1. The predicted molar refractivity (Wildman–Crippen MR) is 74.3 cm³/mol. The number of aromatic nitrogens is 4. The number of benzene rings is 1. The number of aryl methyl sites for hydroxylation is 1. The Morgan fingerprint density at radius 1 is 1.42 bits per heavy atom. The van der Waals surface area contributed by atoms with Gasteiger partial charge in [-0.05, 0) is 52.8 Å². The predicted octanol–water partition coefficient (Wildman–Crippen LogP) is 2.28. The third kappa shape index (κ3) is 2.20. The molecule has 3 rings (SSSR count). The molecule has 1 aromatic heterocycles. The van der Waals surface area contributed by atoms with E-state index >= 15 is 0 Å². The molecule has 0 aliphatic heterocycles. The van der Waals surface area contributed by atoms with Gasteiger partial charge in [-0.1, -0.05) is 19.9 Å². The van der Waals surface area contributed by atoms with E-state index in [0.717, 1.165) is 29.2 Å². The SMILES string of the molecule is Cc1ccc(N)cc1-c1nnnn1CC1CC1(C)C. The lowest BCUT2D eigenvalue weighted by Crippen LogP contribution is -2.08. The minimum absolute atomic E-state index is 0.425. The van der Waals surface area contributed by atoms with Crippen LogP contribution in [0.1, 0.15) is 25.8 Å². The molecule has 19 heavy (non-hydrogen) atoms. The van der Waals surface area contributed by atoms with E-state index < -0.39 is 0 Å². The summed E-state index contributed by atoms with van der Waals surface area (Å²) >= 11 is 0. The van der Waals surface area contributed by atoms with Crippen molar-refractivity contribution in [3.05, 3.63) is 23.8 Å². The molecule has 1 unspecified atom stereocenters. The maximum absolute atomic E-state index is 5.86. The third-order valence-electron chi connectivity index (χ3n) is 4.15. The Bertz CT molecular complexity index is 614. The Balaban J connectivity index is 1.93. The van der Waals surface area contributed by atoms with Crippen LogP contribution in [0.15, 0.2) is 18.2 Å². The molecule has 0 amide bonds. The summed E-state index contributed by atoms with van der Waals surface area (Å²) in [5, 5.41) is 12.1. The molecular formula is C14H19N5. The average molecular weight is 257 g/mol. The molecule has 1 aliphatic rings. The molecular weight excluding hydrogens is 238 g/mol. The van der Waals surface area contributed by atoms with Gasteiger partial charge in [-0.15, -0.1) is 5.10 Å². The molecule has 0 saturated heterocycles. The quantitative estimate of drug-likeness (QED) is 0.856. The zero-order valence-corrected chi connectivity index (χ0v) is 11.6. The van der Waals surface area contributed by atoms with E-state index in [0.29, 0.717) is 11.3 Å². The lowest BCUT2D eigenvalue weighted by atomic mass is 10.1. The Kier molecular flexibility index (Phi) is 2.59. The first-order chi connectivity index (χ1) is 8.97. The largest absolute Gasteiger partial charge is 0.399 e. The van der Waals surface area contributed by atoms with Crippen LogP contribution in [0.4, 0.5) is 5.69 Å². The average Bonchev–Trinajstić information content (AvgIpc) is 2.75. The smallest absolute Gasteiger partial charge is 0.182 e. The van der Waals surface area contributed by atoms with Gasteiger partial charge >= 0.3 is 0 Å². The Morgan fingerprint density at radius 2 is 2.16 bits per heavy atom. The summed E-state index contributed by atoms with van der Waals surface area (Å²) in [6.07, 6.45) is 1.24. The number of hydrogen-bond acceptors (Lipinski definition) is 4. The summed E-state index contributed by atoms with van der Waals surface area (Å²) in [6, 6.07) is 5.84. The molecule has 1 heterocycles. The van der Waals surface area contributed by atoms with E-state index in [4.69, 9.17) is 5.73 Å². The number of nitrogens with two attached hydrogens (primary N) is 1. The molecule has 5 nitrogen and oxygen atoms in total. The van der Waals surface area contributed by atoms with Crippen molar-refractivity contribution in [2.45, 2.75) is 33.7 Å². The first-order valence-electron chi connectivity index (χ1n) is 6.60. The molecule has 1 atom stereocenters. The van der Waals surface area contributed by atoms with Crippen molar-refractivity contribution in [2.24, 2.45) is 11.3 Å². The summed E-state index contributed by atoms with van der Waals surface area (Å²) in [5.41, 5.74) is 9.18. The topological polar surface area (TPSA) is 69.6 Å². The molecule has 0 spiro atoms. The Morgan fingerprint density at radius 3 is 2.84 bits per heavy atom. The summed E-state index contributed by atoms with van der Waals surface area (Å²) in [6.45, 7) is 7.50. The molecule has 1 saturated carbocycles. The zero-order chi connectivity index (χ0) is 13.6. The van der Waals surface area contributed by atoms with Crippen LogP contribution in [0.5, 0.6) is 0 Å². The van der Waals surface area contributed by atoms with Crippen molar-refractivity contribution < 1.29 is 0 Å². The number of nitrogens with zero attached hydrogens (tertiary/aromatic N) is 4. The minimum atomic E-state index is 0.425. The van der Waals surface area contributed by atoms with Crippen LogP contribution in [0.3, 0.4) is 0 Å². The fourth-order valence-corrected chi connectivity index (χ4v) is 2.50. The van der Waals surface area contributed by atoms with Gasteiger partial charge in [0.15, 0.2) is 5.82 Å². The summed E-state index contributed by atoms with van der Waals surface area (Å²) < 4.78 is 1.90. The molecule has 2 aromatic rings. The fraction of sp³-hybridized carbons (Fsp3) is 0.500. The van der Waals surface area contributed by atoms with Crippen LogP contribution >= 0.6 is 0 Å². The first-order valence-corrected chi connectivity index (χ1v) is 6.60. The first kappa shape index (κ1) is 12.1. The zero-order valence-electron chi connectivity index (χ0n) is 11.6. The molecule has 0 bridgehead atoms. The van der Waals surface area contributed by atoms with Crippen LogP contribution in [-0.4, -0.2) is 20.2 Å². The maximum Gasteiger partial charge on any atom is 0.182 e. The van der Waals surface area contributed by atoms with Gasteiger partial charge < -0.3 is 5.73 Å². The highest BCUT2D eigenvalue weighted by molar-refractivity contribution is 5.65. The van der Waals surface area contributed by atoms with Gasteiger partial charge in [-0.2, -0.15) is 0 Å². The molecule has 5 heteroatoms. The van der Waals surface area contributed by atoms with Gasteiger partial charge in [0.2, 0.25) is 0 Å². The molecule has 1 fully saturated rings.